The topological polar surface area (TPSA) is 72.8 Å². The van der Waals surface area contributed by atoms with E-state index in [1.165, 1.54) is 12.8 Å². The maximum absolute atomic E-state index is 12.3. The van der Waals surface area contributed by atoms with Crippen LogP contribution >= 0.6 is 0 Å². The summed E-state index contributed by atoms with van der Waals surface area (Å²) in [7, 11) is 0. The van der Waals surface area contributed by atoms with Crippen molar-refractivity contribution in [1.82, 2.24) is 0 Å². The summed E-state index contributed by atoms with van der Waals surface area (Å²) in [5.41, 5.74) is 0. The molecule has 0 heterocycles. The Kier molecular flexibility index (Phi) is 56.1. The molecule has 0 fully saturated rings. The van der Waals surface area contributed by atoms with Crippen molar-refractivity contribution in [3.63, 3.8) is 0 Å². The zero-order valence-electron chi connectivity index (χ0n) is 45.6. The lowest BCUT2D eigenvalue weighted by atomic mass is 10.1. The molecule has 1 unspecified atom stereocenters. The summed E-state index contributed by atoms with van der Waals surface area (Å²) < 4.78 is 10.7. The number of rotatable bonds is 49. The maximum Gasteiger partial charge on any atom is 0.306 e. The van der Waals surface area contributed by atoms with Crippen LogP contribution in [0.5, 0.6) is 0 Å². The van der Waals surface area contributed by atoms with Crippen molar-refractivity contribution in [3.8, 4) is 0 Å². The zero-order valence-corrected chi connectivity index (χ0v) is 45.6. The number of unbranched alkanes of at least 4 members (excludes halogenated alkanes) is 11. The lowest BCUT2D eigenvalue weighted by molar-refractivity contribution is -0.161. The highest BCUT2D eigenvalue weighted by molar-refractivity contribution is 5.70. The second-order valence-corrected chi connectivity index (χ2v) is 17.9. The molecule has 0 aromatic carbocycles. The third-order valence-corrected chi connectivity index (χ3v) is 11.2. The van der Waals surface area contributed by atoms with Crippen LogP contribution in [0.2, 0.25) is 0 Å². The number of allylic oxidation sites excluding steroid dienone is 30. The SMILES string of the molecule is CC/C=C\C/C=C\C/C=C\C/C=C\C/C=C\C/C=C\C/C=C\C/C=C\C/C=C\C/C=C\CCCCCCCCC(=O)OC(CO)COC(=O)CCCCCCC/C=C\C/C=C\C/C=C\C/C=C\C/C=C\CC. The Bertz CT molecular complexity index is 1680. The third-order valence-electron chi connectivity index (χ3n) is 11.2. The number of esters is 2. The van der Waals surface area contributed by atoms with Crippen molar-refractivity contribution in [3.05, 3.63) is 182 Å². The smallest absolute Gasteiger partial charge is 0.306 e. The molecule has 5 nitrogen and oxygen atoms in total. The number of carbonyl (C=O) groups excluding carboxylic acids is 2. The Morgan fingerprint density at radius 3 is 0.833 bits per heavy atom. The molecule has 5 heteroatoms. The fourth-order valence-corrected chi connectivity index (χ4v) is 7.02. The van der Waals surface area contributed by atoms with Gasteiger partial charge in [-0.2, -0.15) is 0 Å². The fraction of sp³-hybridized carbons (Fsp3) is 0.522. The number of aliphatic hydroxyl groups is 1. The molecular weight excluding hydrogens is 885 g/mol. The van der Waals surface area contributed by atoms with Crippen molar-refractivity contribution in [2.75, 3.05) is 13.2 Å². The Labute approximate surface area is 442 Å². The molecule has 0 aliphatic heterocycles. The minimum Gasteiger partial charge on any atom is -0.462 e. The van der Waals surface area contributed by atoms with Gasteiger partial charge in [-0.05, 0) is 135 Å². The number of aliphatic hydroxyl groups excluding tert-OH is 1. The van der Waals surface area contributed by atoms with Gasteiger partial charge in [0.2, 0.25) is 0 Å². The van der Waals surface area contributed by atoms with Gasteiger partial charge < -0.3 is 14.6 Å². The van der Waals surface area contributed by atoms with Crippen molar-refractivity contribution < 1.29 is 24.2 Å². The van der Waals surface area contributed by atoms with Crippen LogP contribution in [-0.4, -0.2) is 36.4 Å². The van der Waals surface area contributed by atoms with E-state index in [0.717, 1.165) is 167 Å². The van der Waals surface area contributed by atoms with Gasteiger partial charge in [0.1, 0.15) is 6.61 Å². The van der Waals surface area contributed by atoms with Gasteiger partial charge in [-0.1, -0.05) is 241 Å². The Morgan fingerprint density at radius 1 is 0.319 bits per heavy atom. The van der Waals surface area contributed by atoms with Gasteiger partial charge in [-0.3, -0.25) is 9.59 Å². The van der Waals surface area contributed by atoms with E-state index in [2.05, 4.69) is 196 Å². The largest absolute Gasteiger partial charge is 0.462 e. The van der Waals surface area contributed by atoms with E-state index in [0.29, 0.717) is 12.8 Å². The van der Waals surface area contributed by atoms with Gasteiger partial charge in [0.15, 0.2) is 6.10 Å². The molecule has 0 spiro atoms. The van der Waals surface area contributed by atoms with E-state index in [1.54, 1.807) is 0 Å². The first kappa shape index (κ1) is 67.0. The Morgan fingerprint density at radius 2 is 0.556 bits per heavy atom. The van der Waals surface area contributed by atoms with Gasteiger partial charge >= 0.3 is 11.9 Å². The first-order valence-corrected chi connectivity index (χ1v) is 28.3. The minimum absolute atomic E-state index is 0.0951. The summed E-state index contributed by atoms with van der Waals surface area (Å²) in [6.45, 7) is 3.87. The van der Waals surface area contributed by atoms with E-state index in [9.17, 15) is 14.7 Å². The normalized spacial score (nSPS) is 13.7. The van der Waals surface area contributed by atoms with Crippen molar-refractivity contribution in [2.45, 2.75) is 213 Å². The highest BCUT2D eigenvalue weighted by Crippen LogP contribution is 2.12. The standard InChI is InChI=1S/C67H102O5/c1-3-5-7-9-11-13-15-17-19-21-23-25-26-27-28-29-30-31-32-33-34-35-36-37-38-39-40-42-44-46-48-50-52-54-56-58-60-62-67(70)72-65(63-68)64-71-66(69)61-59-57-55-53-51-49-47-45-43-41-24-22-20-18-16-14-12-10-8-6-4-2/h5-8,11-14,17-20,23-25,27-28,30-31,33-34,36-37,39-41,44-47,65,68H,3-4,9-10,15-16,21-22,26,29,32,35,38,42-43,48-64H2,1-2H3/b7-5-,8-6-,13-11-,14-12-,19-17-,20-18-,25-23-,28-27-,31-30-,34-33-,37-36-,40-39-,41-24-,46-44-,47-45-. The molecule has 0 radical (unpaired) electrons. The molecular formula is C67H102O5. The van der Waals surface area contributed by atoms with Gasteiger partial charge in [-0.15, -0.1) is 0 Å². The van der Waals surface area contributed by atoms with Gasteiger partial charge in [0.05, 0.1) is 6.61 Å². The van der Waals surface area contributed by atoms with E-state index < -0.39 is 6.10 Å². The molecule has 0 aliphatic carbocycles. The summed E-state index contributed by atoms with van der Waals surface area (Å²) in [4.78, 5) is 24.5. The molecule has 72 heavy (non-hydrogen) atoms. The van der Waals surface area contributed by atoms with Crippen LogP contribution in [0.25, 0.3) is 0 Å². The van der Waals surface area contributed by atoms with Crippen molar-refractivity contribution >= 4 is 11.9 Å². The zero-order chi connectivity index (χ0) is 52.0. The van der Waals surface area contributed by atoms with E-state index in [-0.39, 0.29) is 25.2 Å². The van der Waals surface area contributed by atoms with Crippen LogP contribution in [0.4, 0.5) is 0 Å². The molecule has 0 aliphatic rings. The Hall–Kier alpha value is -5.00. The molecule has 400 valence electrons. The first-order valence-electron chi connectivity index (χ1n) is 28.3. The monoisotopic (exact) mass is 987 g/mol. The average Bonchev–Trinajstić information content (AvgIpc) is 3.38. The average molecular weight is 988 g/mol. The summed E-state index contributed by atoms with van der Waals surface area (Å²) in [5.74, 6) is -0.645. The molecule has 0 saturated carbocycles. The van der Waals surface area contributed by atoms with Crippen LogP contribution in [0, 0.1) is 0 Å². The first-order chi connectivity index (χ1) is 35.6. The van der Waals surface area contributed by atoms with Crippen LogP contribution in [-0.2, 0) is 19.1 Å². The van der Waals surface area contributed by atoms with Gasteiger partial charge in [0.25, 0.3) is 0 Å². The molecule has 0 rings (SSSR count). The quantitative estimate of drug-likeness (QED) is 0.0374. The molecule has 1 atom stereocenters. The molecule has 0 aromatic heterocycles. The van der Waals surface area contributed by atoms with Crippen molar-refractivity contribution in [2.24, 2.45) is 0 Å². The molecule has 0 amide bonds. The lowest BCUT2D eigenvalue weighted by Crippen LogP contribution is -2.28. The predicted octanol–water partition coefficient (Wildman–Crippen LogP) is 19.5. The molecule has 0 saturated heterocycles. The summed E-state index contributed by atoms with van der Waals surface area (Å²) in [5, 5.41) is 9.65. The second-order valence-electron chi connectivity index (χ2n) is 17.9. The minimum atomic E-state index is -0.804. The number of hydrogen-bond acceptors (Lipinski definition) is 5. The molecule has 0 aromatic rings. The van der Waals surface area contributed by atoms with E-state index in [1.807, 2.05) is 0 Å². The lowest BCUT2D eigenvalue weighted by Gasteiger charge is -2.15. The summed E-state index contributed by atoms with van der Waals surface area (Å²) >= 11 is 0. The predicted molar refractivity (Wildman–Crippen MR) is 315 cm³/mol. The number of hydrogen-bond donors (Lipinski definition) is 1. The van der Waals surface area contributed by atoms with E-state index >= 15 is 0 Å². The highest BCUT2D eigenvalue weighted by atomic mass is 16.6. The number of ether oxygens (including phenoxy) is 2. The van der Waals surface area contributed by atoms with Crippen LogP contribution in [0.1, 0.15) is 206 Å². The van der Waals surface area contributed by atoms with Gasteiger partial charge in [0, 0.05) is 12.8 Å². The second kappa shape index (κ2) is 60.3. The molecule has 0 bridgehead atoms. The van der Waals surface area contributed by atoms with Crippen LogP contribution in [0.15, 0.2) is 182 Å². The van der Waals surface area contributed by atoms with Crippen LogP contribution < -0.4 is 0 Å². The highest BCUT2D eigenvalue weighted by Gasteiger charge is 2.16. The van der Waals surface area contributed by atoms with E-state index in [4.69, 9.17) is 9.47 Å². The van der Waals surface area contributed by atoms with Gasteiger partial charge in [-0.25, -0.2) is 0 Å². The summed E-state index contributed by atoms with van der Waals surface area (Å²) in [6, 6.07) is 0. The van der Waals surface area contributed by atoms with Crippen LogP contribution in [0.3, 0.4) is 0 Å². The van der Waals surface area contributed by atoms with Crippen molar-refractivity contribution in [1.29, 1.82) is 0 Å². The maximum atomic E-state index is 12.3. The Balaban J connectivity index is 3.68. The summed E-state index contributed by atoms with van der Waals surface area (Å²) in [6.07, 6.45) is 95.6. The number of carbonyl (C=O) groups is 2. The third kappa shape index (κ3) is 57.6. The fourth-order valence-electron chi connectivity index (χ4n) is 7.02. The molecule has 1 N–H and O–H groups in total.